The van der Waals surface area contributed by atoms with Gasteiger partial charge in [-0.2, -0.15) is 0 Å². The molecule has 0 saturated carbocycles. The Morgan fingerprint density at radius 3 is 2.00 bits per heavy atom. The van der Waals surface area contributed by atoms with Crippen LogP contribution in [0.2, 0.25) is 0 Å². The molecular weight excluding hydrogens is 514 g/mol. The molecule has 2 heterocycles. The van der Waals surface area contributed by atoms with E-state index in [1.165, 1.54) is 36.4 Å². The third-order valence-corrected chi connectivity index (χ3v) is 6.95. The van der Waals surface area contributed by atoms with Crippen LogP contribution in [0.15, 0.2) is 42.5 Å². The van der Waals surface area contributed by atoms with Crippen LogP contribution in [0.4, 0.5) is 11.4 Å². The topological polar surface area (TPSA) is 213 Å². The number of nitrogens with zero attached hydrogens (tertiary/aromatic N) is 2. The molecule has 3 aliphatic rings. The molecule has 0 saturated heterocycles. The van der Waals surface area contributed by atoms with Crippen molar-refractivity contribution in [1.82, 2.24) is 4.90 Å². The van der Waals surface area contributed by atoms with E-state index >= 15 is 0 Å². The highest BCUT2D eigenvalue weighted by Gasteiger charge is 2.50. The molecule has 2 aromatic rings. The summed E-state index contributed by atoms with van der Waals surface area (Å²) in [6.45, 7) is 0. The van der Waals surface area contributed by atoms with Gasteiger partial charge in [-0.25, -0.2) is 14.5 Å². The number of hydrogen-bond acceptors (Lipinski definition) is 8. The van der Waals surface area contributed by atoms with E-state index in [4.69, 9.17) is 10.8 Å². The second-order valence-corrected chi connectivity index (χ2v) is 9.23. The van der Waals surface area contributed by atoms with E-state index in [9.17, 15) is 43.8 Å². The number of nitrogens with two attached hydrogens (primary N) is 1. The maximum atomic E-state index is 13.6. The zero-order valence-electron chi connectivity index (χ0n) is 19.9. The van der Waals surface area contributed by atoms with Gasteiger partial charge in [-0.1, -0.05) is 12.2 Å². The molecule has 0 radical (unpaired) electrons. The van der Waals surface area contributed by atoms with Gasteiger partial charge in [0.2, 0.25) is 11.8 Å². The number of aliphatic carboxylic acids is 2. The number of rotatable bonds is 7. The molecule has 0 bridgehead atoms. The molecule has 13 nitrogen and oxygen atoms in total. The zero-order valence-corrected chi connectivity index (χ0v) is 19.9. The van der Waals surface area contributed by atoms with Crippen molar-refractivity contribution in [1.29, 1.82) is 0 Å². The van der Waals surface area contributed by atoms with E-state index in [0.29, 0.717) is 4.90 Å². The first-order valence-corrected chi connectivity index (χ1v) is 11.6. The SMILES string of the molecule is Nc1cc(C(=O)O)cc(N2C(=O)c3ccc4c5c3C(C=CC5C(=O)N(C(CCC(=O)O)C(=O)O)C4=O)C2=O)c1. The van der Waals surface area contributed by atoms with Gasteiger partial charge >= 0.3 is 17.9 Å². The largest absolute Gasteiger partial charge is 0.481 e. The number of hydrogen-bond donors (Lipinski definition) is 4. The Morgan fingerprint density at radius 2 is 1.44 bits per heavy atom. The first-order chi connectivity index (χ1) is 18.4. The zero-order chi connectivity index (χ0) is 28.3. The first-order valence-electron chi connectivity index (χ1n) is 11.6. The summed E-state index contributed by atoms with van der Waals surface area (Å²) in [6.07, 6.45) is 1.60. The van der Waals surface area contributed by atoms with Crippen molar-refractivity contribution in [2.24, 2.45) is 0 Å². The van der Waals surface area contributed by atoms with Gasteiger partial charge in [-0.15, -0.1) is 0 Å². The Bertz CT molecular complexity index is 1580. The Kier molecular flexibility index (Phi) is 5.78. The van der Waals surface area contributed by atoms with Crippen LogP contribution in [0.25, 0.3) is 0 Å². The summed E-state index contributed by atoms with van der Waals surface area (Å²) >= 11 is 0. The Morgan fingerprint density at radius 1 is 0.846 bits per heavy atom. The van der Waals surface area contributed by atoms with Crippen molar-refractivity contribution in [3.8, 4) is 0 Å². The number of aromatic carboxylic acids is 1. The number of benzene rings is 2. The molecule has 13 heteroatoms. The van der Waals surface area contributed by atoms with Gasteiger partial charge in [0.25, 0.3) is 11.8 Å². The maximum absolute atomic E-state index is 13.6. The molecule has 1 aliphatic carbocycles. The van der Waals surface area contributed by atoms with Crippen molar-refractivity contribution >= 4 is 52.9 Å². The van der Waals surface area contributed by atoms with E-state index in [-0.39, 0.29) is 39.2 Å². The number of nitrogen functional groups attached to an aromatic ring is 1. The van der Waals surface area contributed by atoms with Crippen LogP contribution in [0, 0.1) is 0 Å². The molecule has 3 atom stereocenters. The number of anilines is 2. The summed E-state index contributed by atoms with van der Waals surface area (Å²) in [7, 11) is 0. The molecule has 5 rings (SSSR count). The minimum atomic E-state index is -1.73. The number of carboxylic acid groups (broad SMARTS) is 3. The van der Waals surface area contributed by atoms with E-state index in [2.05, 4.69) is 0 Å². The predicted molar refractivity (Wildman–Crippen MR) is 130 cm³/mol. The fraction of sp³-hybridized carbons (Fsp3) is 0.192. The summed E-state index contributed by atoms with van der Waals surface area (Å²) < 4.78 is 0. The van der Waals surface area contributed by atoms with Crippen molar-refractivity contribution in [3.05, 3.63) is 70.3 Å². The second kappa shape index (κ2) is 8.90. The van der Waals surface area contributed by atoms with Crippen LogP contribution in [0.5, 0.6) is 0 Å². The van der Waals surface area contributed by atoms with Gasteiger partial charge in [-0.05, 0) is 47.9 Å². The lowest BCUT2D eigenvalue weighted by molar-refractivity contribution is -0.149. The summed E-state index contributed by atoms with van der Waals surface area (Å²) in [4.78, 5) is 89.6. The highest BCUT2D eigenvalue weighted by molar-refractivity contribution is 6.28. The first kappa shape index (κ1) is 25.3. The second-order valence-electron chi connectivity index (χ2n) is 9.23. The molecule has 5 N–H and O–H groups in total. The van der Waals surface area contributed by atoms with Gasteiger partial charge in [0, 0.05) is 23.2 Å². The Hall–Kier alpha value is -5.33. The van der Waals surface area contributed by atoms with E-state index in [1.54, 1.807) is 0 Å². The molecule has 2 aromatic carbocycles. The average molecular weight is 533 g/mol. The fourth-order valence-corrected chi connectivity index (χ4v) is 5.30. The van der Waals surface area contributed by atoms with E-state index < -0.39 is 72.3 Å². The van der Waals surface area contributed by atoms with Gasteiger partial charge in [0.1, 0.15) is 6.04 Å². The number of carboxylic acids is 3. The molecule has 0 spiro atoms. The summed E-state index contributed by atoms with van der Waals surface area (Å²) in [5.74, 6) is -9.95. The number of carbonyl (C=O) groups is 7. The normalized spacial score (nSPS) is 20.1. The number of carbonyl (C=O) groups excluding carboxylic acids is 4. The minimum absolute atomic E-state index is 0.00158. The van der Waals surface area contributed by atoms with Gasteiger partial charge in [-0.3, -0.25) is 28.9 Å². The molecule has 0 fully saturated rings. The highest BCUT2D eigenvalue weighted by Crippen LogP contribution is 2.46. The molecule has 198 valence electrons. The third-order valence-electron chi connectivity index (χ3n) is 6.95. The van der Waals surface area contributed by atoms with E-state index in [0.717, 1.165) is 11.0 Å². The molecular formula is C26H19N3O10. The molecule has 3 unspecified atom stereocenters. The molecule has 39 heavy (non-hydrogen) atoms. The van der Waals surface area contributed by atoms with Gasteiger partial charge in [0.15, 0.2) is 0 Å². The lowest BCUT2D eigenvalue weighted by Gasteiger charge is -2.41. The monoisotopic (exact) mass is 533 g/mol. The minimum Gasteiger partial charge on any atom is -0.481 e. The fourth-order valence-electron chi connectivity index (χ4n) is 5.30. The third kappa shape index (κ3) is 3.82. The maximum Gasteiger partial charge on any atom is 0.335 e. The Labute approximate surface area is 218 Å². The van der Waals surface area contributed by atoms with Crippen LogP contribution in [-0.4, -0.2) is 67.8 Å². The van der Waals surface area contributed by atoms with Crippen LogP contribution in [0.1, 0.15) is 66.9 Å². The van der Waals surface area contributed by atoms with Crippen molar-refractivity contribution in [2.45, 2.75) is 30.7 Å². The quantitative estimate of drug-likeness (QED) is 0.225. The van der Waals surface area contributed by atoms with Crippen LogP contribution >= 0.6 is 0 Å². The van der Waals surface area contributed by atoms with Gasteiger partial charge in [0.05, 0.1) is 23.1 Å². The standard InChI is InChI=1S/C26H19N3O10/c27-11-7-10(25(36)37)8-12(9-11)28-21(32)13-1-3-15-20-16(4-2-14(19(13)20)22(28)33)24(35)29(23(15)34)17(26(38)39)5-6-18(30)31/h1-4,7-9,13,15,17H,5-6,27H2,(H,30,31)(H,36,37)(H,38,39). The predicted octanol–water partition coefficient (Wildman–Crippen LogP) is 1.19. The van der Waals surface area contributed by atoms with Crippen LogP contribution in [0.3, 0.4) is 0 Å². The molecule has 4 amide bonds. The van der Waals surface area contributed by atoms with Gasteiger partial charge < -0.3 is 21.1 Å². The number of amides is 4. The van der Waals surface area contributed by atoms with Crippen LogP contribution < -0.4 is 10.6 Å². The summed E-state index contributed by atoms with van der Waals surface area (Å²) in [5.41, 5.74) is 5.66. The highest BCUT2D eigenvalue weighted by atomic mass is 16.4. The van der Waals surface area contributed by atoms with Crippen molar-refractivity contribution in [3.63, 3.8) is 0 Å². The smallest absolute Gasteiger partial charge is 0.335 e. The number of imide groups is 2. The Balaban J connectivity index is 1.62. The van der Waals surface area contributed by atoms with Crippen molar-refractivity contribution in [2.75, 3.05) is 10.6 Å². The molecule has 0 aromatic heterocycles. The molecule has 2 aliphatic heterocycles. The summed E-state index contributed by atoms with van der Waals surface area (Å²) in [6, 6.07) is 4.37. The lowest BCUT2D eigenvalue weighted by Crippen LogP contribution is -2.54. The average Bonchev–Trinajstić information content (AvgIpc) is 2.87. The van der Waals surface area contributed by atoms with Crippen molar-refractivity contribution < 1.29 is 48.9 Å². The lowest BCUT2D eigenvalue weighted by atomic mass is 9.72. The van der Waals surface area contributed by atoms with E-state index in [1.807, 2.05) is 0 Å². The van der Waals surface area contributed by atoms with Crippen LogP contribution in [-0.2, 0) is 19.2 Å². The summed E-state index contributed by atoms with van der Waals surface area (Å²) in [5, 5.41) is 28.0.